The van der Waals surface area contributed by atoms with Gasteiger partial charge in [0.2, 0.25) is 12.8 Å². The number of carbonyl (C=O) groups excluding carboxylic acids is 2. The second kappa shape index (κ2) is 38.3. The largest absolute Gasteiger partial charge is 0.449 e. The summed E-state index contributed by atoms with van der Waals surface area (Å²) in [4.78, 5) is 50.7. The highest BCUT2D eigenvalue weighted by Crippen LogP contribution is 2.13. The molecule has 0 aromatic carbocycles. The minimum absolute atomic E-state index is 0.122. The summed E-state index contributed by atoms with van der Waals surface area (Å²) in [5.74, 6) is 5.15. The fraction of sp³-hybridized carbons (Fsp3) is 0.810. The number of rotatable bonds is 32. The van der Waals surface area contributed by atoms with Crippen LogP contribution in [0.1, 0.15) is 0 Å². The summed E-state index contributed by atoms with van der Waals surface area (Å²) in [6.45, 7) is 1.02. The lowest BCUT2D eigenvalue weighted by molar-refractivity contribution is -0.210. The van der Waals surface area contributed by atoms with Crippen LogP contribution in [0.15, 0.2) is 9.98 Å². The van der Waals surface area contributed by atoms with Gasteiger partial charge in [0, 0.05) is 38.3 Å². The lowest BCUT2D eigenvalue weighted by atomic mass is 10.8. The van der Waals surface area contributed by atoms with E-state index in [2.05, 4.69) is 20.6 Å². The lowest BCUT2D eigenvalue weighted by Crippen LogP contribution is -2.24. The SMILES string of the molecule is O=C(NCSCSCN=COOCSCSCOC(=O)NCSCSCN=COOCCSCCO)OCCSCCO. The number of nitrogens with zero attached hydrogens (tertiary/aromatic N) is 2. The molecule has 0 rings (SSSR count). The zero-order valence-electron chi connectivity index (χ0n) is 23.5. The van der Waals surface area contributed by atoms with Gasteiger partial charge in [-0.05, 0) is 0 Å². The van der Waals surface area contributed by atoms with E-state index in [1.807, 2.05) is 0 Å². The number of hydrogen-bond acceptors (Lipinski definition) is 20. The Bertz CT molecular complexity index is 696. The van der Waals surface area contributed by atoms with Crippen molar-refractivity contribution in [1.82, 2.24) is 10.6 Å². The Morgan fingerprint density at radius 3 is 1.77 bits per heavy atom. The number of thioether (sulfide) groups is 8. The van der Waals surface area contributed by atoms with E-state index in [1.54, 1.807) is 35.3 Å². The summed E-state index contributed by atoms with van der Waals surface area (Å²) < 4.78 is 10.1. The van der Waals surface area contributed by atoms with Gasteiger partial charge in [-0.1, -0.05) is 0 Å². The fourth-order valence-corrected chi connectivity index (χ4v) is 7.20. The minimum atomic E-state index is -0.470. The zero-order chi connectivity index (χ0) is 31.3. The topological polar surface area (TPSA) is 179 Å². The highest BCUT2D eigenvalue weighted by atomic mass is 32.2. The van der Waals surface area contributed by atoms with Crippen molar-refractivity contribution in [2.75, 3.05) is 100 Å². The van der Waals surface area contributed by atoms with Gasteiger partial charge >= 0.3 is 12.2 Å². The molecule has 0 bridgehead atoms. The maximum Gasteiger partial charge on any atom is 0.408 e. The minimum Gasteiger partial charge on any atom is -0.449 e. The average Bonchev–Trinajstić information content (AvgIpc) is 3.00. The number of aliphatic imine (C=N–C) groups is 2. The van der Waals surface area contributed by atoms with Gasteiger partial charge in [-0.25, -0.2) is 19.6 Å². The number of nitrogens with one attached hydrogen (secondary N) is 2. The molecule has 4 N–H and O–H groups in total. The Kier molecular flexibility index (Phi) is 38.4. The molecule has 0 aliphatic heterocycles. The molecule has 0 spiro atoms. The second-order valence-corrected chi connectivity index (χ2v) is 16.0. The summed E-state index contributed by atoms with van der Waals surface area (Å²) in [6.07, 6.45) is 1.57. The van der Waals surface area contributed by atoms with Gasteiger partial charge in [-0.15, -0.1) is 70.6 Å². The van der Waals surface area contributed by atoms with E-state index in [0.717, 1.165) is 15.9 Å². The predicted octanol–water partition coefficient (Wildman–Crippen LogP) is 3.86. The van der Waals surface area contributed by atoms with E-state index < -0.39 is 12.2 Å². The Labute approximate surface area is 286 Å². The molecule has 14 nitrogen and oxygen atoms in total. The number of amides is 2. The van der Waals surface area contributed by atoms with Gasteiger partial charge in [-0.2, -0.15) is 33.3 Å². The highest BCUT2D eigenvalue weighted by molar-refractivity contribution is 8.16. The summed E-state index contributed by atoms with van der Waals surface area (Å²) in [5, 5.41) is 24.8. The van der Waals surface area contributed by atoms with Crippen molar-refractivity contribution in [1.29, 1.82) is 0 Å². The van der Waals surface area contributed by atoms with Gasteiger partial charge < -0.3 is 40.1 Å². The summed E-state index contributed by atoms with van der Waals surface area (Å²) in [6, 6.07) is 0. The van der Waals surface area contributed by atoms with Crippen molar-refractivity contribution in [3.05, 3.63) is 0 Å². The third-order valence-electron chi connectivity index (χ3n) is 3.49. The van der Waals surface area contributed by atoms with Crippen LogP contribution in [-0.2, 0) is 29.0 Å². The smallest absolute Gasteiger partial charge is 0.408 e. The van der Waals surface area contributed by atoms with Crippen molar-refractivity contribution < 1.29 is 48.8 Å². The summed E-state index contributed by atoms with van der Waals surface area (Å²) in [7, 11) is 0. The van der Waals surface area contributed by atoms with Gasteiger partial charge in [-0.3, -0.25) is 0 Å². The Hall–Kier alpha value is 0.120. The maximum absolute atomic E-state index is 11.7. The molecule has 0 aromatic heterocycles. The molecule has 0 aliphatic rings. The molecule has 0 fully saturated rings. The Morgan fingerprint density at radius 2 is 1.14 bits per heavy atom. The first kappa shape index (κ1) is 43.1. The molecule has 2 amide bonds. The fourth-order valence-electron chi connectivity index (χ4n) is 1.84. The van der Waals surface area contributed by atoms with Gasteiger partial charge in [0.25, 0.3) is 0 Å². The third kappa shape index (κ3) is 38.2. The number of alkyl carbamates (subject to hydrolysis) is 2. The van der Waals surface area contributed by atoms with E-state index in [-0.39, 0.29) is 19.2 Å². The quantitative estimate of drug-likeness (QED) is 0.0194. The molecule has 0 saturated heterocycles. The van der Waals surface area contributed by atoms with Crippen molar-refractivity contribution in [3.8, 4) is 0 Å². The molecule has 0 unspecified atom stereocenters. The first-order valence-corrected chi connectivity index (χ1v) is 21.6. The molecular weight excluding hydrogens is 725 g/mol. The van der Waals surface area contributed by atoms with Crippen LogP contribution in [0, 0.1) is 0 Å². The molecule has 252 valence electrons. The highest BCUT2D eigenvalue weighted by Gasteiger charge is 2.02. The van der Waals surface area contributed by atoms with Gasteiger partial charge in [0.1, 0.15) is 25.1 Å². The van der Waals surface area contributed by atoms with Crippen LogP contribution in [-0.4, -0.2) is 135 Å². The number of ether oxygens (including phenoxy) is 2. The van der Waals surface area contributed by atoms with Crippen molar-refractivity contribution >= 4 is 119 Å². The number of hydrogen-bond donors (Lipinski definition) is 4. The maximum atomic E-state index is 11.7. The summed E-state index contributed by atoms with van der Waals surface area (Å²) in [5.41, 5.74) is 0. The molecule has 0 atom stereocenters. The van der Waals surface area contributed by atoms with E-state index in [4.69, 9.17) is 39.2 Å². The van der Waals surface area contributed by atoms with E-state index >= 15 is 0 Å². The molecule has 0 radical (unpaired) electrons. The normalized spacial score (nSPS) is 11.2. The van der Waals surface area contributed by atoms with Gasteiger partial charge in [0.05, 0.1) is 36.7 Å². The molecular formula is C21H40N4O10S8. The average molecular weight is 765 g/mol. The van der Waals surface area contributed by atoms with Gasteiger partial charge in [0.15, 0.2) is 0 Å². The third-order valence-corrected chi connectivity index (χ3v) is 11.2. The van der Waals surface area contributed by atoms with Crippen molar-refractivity contribution in [3.63, 3.8) is 0 Å². The number of aliphatic hydroxyl groups is 2. The molecule has 0 aliphatic carbocycles. The standard InChI is InChI=1S/C21H40N4O10S8/c26-1-5-36-7-3-30-20(28)24-13-40-17-39-12-23-10-34-35-16-43-19-42-15-31-21(29)25-14-41-18-38-11-22-9-33-32-4-8-37-6-2-27/h9-10,26-27H,1-8,11-19H2,(H,24,28)(H,25,29). The molecule has 0 aromatic rings. The lowest BCUT2D eigenvalue weighted by Gasteiger charge is -2.06. The number of aliphatic hydroxyl groups excluding tert-OH is 2. The molecule has 0 heterocycles. The van der Waals surface area contributed by atoms with Crippen LogP contribution in [0.5, 0.6) is 0 Å². The first-order valence-electron chi connectivity index (χ1n) is 12.4. The Balaban J connectivity index is 3.29. The Morgan fingerprint density at radius 1 is 0.605 bits per heavy atom. The zero-order valence-corrected chi connectivity index (χ0v) is 30.0. The van der Waals surface area contributed by atoms with Crippen LogP contribution in [0.25, 0.3) is 0 Å². The number of carbonyl (C=O) groups is 2. The molecule has 43 heavy (non-hydrogen) atoms. The van der Waals surface area contributed by atoms with Crippen molar-refractivity contribution in [2.45, 2.75) is 0 Å². The van der Waals surface area contributed by atoms with E-state index in [0.29, 0.717) is 65.0 Å². The molecule has 22 heteroatoms. The predicted molar refractivity (Wildman–Crippen MR) is 188 cm³/mol. The van der Waals surface area contributed by atoms with E-state index in [9.17, 15) is 9.59 Å². The van der Waals surface area contributed by atoms with Crippen LogP contribution in [0.4, 0.5) is 9.59 Å². The van der Waals surface area contributed by atoms with Crippen LogP contribution in [0.3, 0.4) is 0 Å². The molecule has 0 saturated carbocycles. The van der Waals surface area contributed by atoms with E-state index in [1.165, 1.54) is 71.6 Å². The summed E-state index contributed by atoms with van der Waals surface area (Å²) >= 11 is 12.2. The van der Waals surface area contributed by atoms with Crippen molar-refractivity contribution in [2.24, 2.45) is 9.98 Å². The van der Waals surface area contributed by atoms with Crippen LogP contribution >= 0.6 is 94.1 Å². The van der Waals surface area contributed by atoms with Crippen LogP contribution in [0.2, 0.25) is 0 Å². The first-order chi connectivity index (χ1) is 21.2. The second-order valence-electron chi connectivity index (χ2n) is 6.66. The monoisotopic (exact) mass is 764 g/mol. The van der Waals surface area contributed by atoms with Crippen LogP contribution < -0.4 is 10.6 Å².